The standard InChI is InChI=1S/C31H39N3O4/c1-3-10-30(36)34(4-2)22-24-11-5-6-12-25(24)23-15-19-33(20-16-23)18-9-17-32-31(37)29-21-27(35)26-13-7-8-14-28(26)38-29/h5-8,11-14,21,23H,3-4,9-10,15-20,22H2,1-2H3,(H,32,37). The molecule has 0 aliphatic carbocycles. The number of para-hydroxylation sites is 1. The molecule has 0 saturated carbocycles. The van der Waals surface area contributed by atoms with Crippen LogP contribution in [0.2, 0.25) is 0 Å². The van der Waals surface area contributed by atoms with Gasteiger partial charge in [0.1, 0.15) is 5.58 Å². The van der Waals surface area contributed by atoms with Gasteiger partial charge in [-0.25, -0.2) is 0 Å². The van der Waals surface area contributed by atoms with Crippen molar-refractivity contribution < 1.29 is 14.0 Å². The molecule has 0 spiro atoms. The molecule has 1 aromatic heterocycles. The maximum absolute atomic E-state index is 12.5. The van der Waals surface area contributed by atoms with Gasteiger partial charge in [-0.1, -0.05) is 43.3 Å². The van der Waals surface area contributed by atoms with E-state index in [1.165, 1.54) is 17.2 Å². The number of hydrogen-bond acceptors (Lipinski definition) is 5. The highest BCUT2D eigenvalue weighted by Gasteiger charge is 2.23. The molecule has 2 amide bonds. The number of piperidine rings is 1. The number of nitrogens with zero attached hydrogens (tertiary/aromatic N) is 2. The molecule has 1 aliphatic rings. The lowest BCUT2D eigenvalue weighted by molar-refractivity contribution is -0.131. The normalized spacial score (nSPS) is 14.5. The van der Waals surface area contributed by atoms with E-state index in [0.29, 0.717) is 36.4 Å². The highest BCUT2D eigenvalue weighted by Crippen LogP contribution is 2.31. The molecule has 7 nitrogen and oxygen atoms in total. The molecule has 2 heterocycles. The minimum atomic E-state index is -0.360. The fraction of sp³-hybridized carbons (Fsp3) is 0.452. The fourth-order valence-corrected chi connectivity index (χ4v) is 5.31. The SMILES string of the molecule is CCCC(=O)N(CC)Cc1ccccc1C1CCN(CCCNC(=O)c2cc(=O)c3ccccc3o2)CC1. The van der Waals surface area contributed by atoms with Crippen molar-refractivity contribution in [3.8, 4) is 0 Å². The molecule has 0 bridgehead atoms. The molecule has 3 aromatic rings. The zero-order valence-electron chi connectivity index (χ0n) is 22.6. The Balaban J connectivity index is 1.24. The molecule has 4 rings (SSSR count). The second kappa shape index (κ2) is 13.4. The Morgan fingerprint density at radius 1 is 1.05 bits per heavy atom. The number of fused-ring (bicyclic) bond motifs is 1. The number of carbonyl (C=O) groups excluding carboxylic acids is 2. The van der Waals surface area contributed by atoms with E-state index in [2.05, 4.69) is 41.4 Å². The molecule has 2 aromatic carbocycles. The minimum absolute atomic E-state index is 0.0474. The van der Waals surface area contributed by atoms with Crippen LogP contribution in [0.1, 0.15) is 73.6 Å². The molecule has 1 N–H and O–H groups in total. The Labute approximate surface area is 224 Å². The van der Waals surface area contributed by atoms with Gasteiger partial charge in [0.2, 0.25) is 5.91 Å². The summed E-state index contributed by atoms with van der Waals surface area (Å²) in [7, 11) is 0. The van der Waals surface area contributed by atoms with Crippen LogP contribution < -0.4 is 10.7 Å². The van der Waals surface area contributed by atoms with Crippen molar-refractivity contribution in [2.24, 2.45) is 0 Å². The van der Waals surface area contributed by atoms with Crippen LogP contribution >= 0.6 is 0 Å². The third-order valence-corrected chi connectivity index (χ3v) is 7.44. The summed E-state index contributed by atoms with van der Waals surface area (Å²) in [5, 5.41) is 3.36. The van der Waals surface area contributed by atoms with Crippen LogP contribution in [0.3, 0.4) is 0 Å². The fourth-order valence-electron chi connectivity index (χ4n) is 5.31. The lowest BCUT2D eigenvalue weighted by atomic mass is 9.86. The first-order chi connectivity index (χ1) is 18.5. The Hall–Kier alpha value is -3.45. The zero-order chi connectivity index (χ0) is 26.9. The molecule has 0 unspecified atom stereocenters. The van der Waals surface area contributed by atoms with Crippen LogP contribution in [0.15, 0.2) is 63.8 Å². The first-order valence-corrected chi connectivity index (χ1v) is 13.9. The van der Waals surface area contributed by atoms with Gasteiger partial charge in [0.25, 0.3) is 5.91 Å². The van der Waals surface area contributed by atoms with E-state index in [-0.39, 0.29) is 23.0 Å². The topological polar surface area (TPSA) is 82.9 Å². The average Bonchev–Trinajstić information content (AvgIpc) is 2.94. The zero-order valence-corrected chi connectivity index (χ0v) is 22.6. The van der Waals surface area contributed by atoms with Crippen molar-refractivity contribution in [2.45, 2.75) is 58.4 Å². The second-order valence-electron chi connectivity index (χ2n) is 10.1. The summed E-state index contributed by atoms with van der Waals surface area (Å²) in [6, 6.07) is 16.8. The highest BCUT2D eigenvalue weighted by atomic mass is 16.3. The van der Waals surface area contributed by atoms with Crippen molar-refractivity contribution in [1.29, 1.82) is 0 Å². The number of nitrogens with one attached hydrogen (secondary N) is 1. The largest absolute Gasteiger partial charge is 0.451 e. The van der Waals surface area contributed by atoms with E-state index < -0.39 is 0 Å². The van der Waals surface area contributed by atoms with E-state index in [4.69, 9.17) is 4.42 Å². The predicted octanol–water partition coefficient (Wildman–Crippen LogP) is 4.94. The molecule has 38 heavy (non-hydrogen) atoms. The monoisotopic (exact) mass is 517 g/mol. The molecular weight excluding hydrogens is 478 g/mol. The van der Waals surface area contributed by atoms with Gasteiger partial charge in [0, 0.05) is 32.1 Å². The number of rotatable bonds is 11. The summed E-state index contributed by atoms with van der Waals surface area (Å²) in [5.41, 5.74) is 2.85. The van der Waals surface area contributed by atoms with Crippen molar-refractivity contribution in [1.82, 2.24) is 15.1 Å². The summed E-state index contributed by atoms with van der Waals surface area (Å²) in [4.78, 5) is 41.7. The summed E-state index contributed by atoms with van der Waals surface area (Å²) < 4.78 is 5.63. The molecule has 1 aliphatic heterocycles. The van der Waals surface area contributed by atoms with Crippen molar-refractivity contribution in [3.05, 3.63) is 81.7 Å². The smallest absolute Gasteiger partial charge is 0.287 e. The molecule has 0 radical (unpaired) electrons. The van der Waals surface area contributed by atoms with Crippen LogP contribution in [0, 0.1) is 0 Å². The van der Waals surface area contributed by atoms with Gasteiger partial charge in [-0.15, -0.1) is 0 Å². The second-order valence-corrected chi connectivity index (χ2v) is 10.1. The molecule has 202 valence electrons. The first kappa shape index (κ1) is 27.6. The third-order valence-electron chi connectivity index (χ3n) is 7.44. The van der Waals surface area contributed by atoms with Crippen LogP contribution in [-0.2, 0) is 11.3 Å². The molecule has 0 atom stereocenters. The predicted molar refractivity (Wildman–Crippen MR) is 150 cm³/mol. The average molecular weight is 518 g/mol. The van der Waals surface area contributed by atoms with E-state index in [9.17, 15) is 14.4 Å². The van der Waals surface area contributed by atoms with Crippen LogP contribution in [0.5, 0.6) is 0 Å². The Kier molecular flexibility index (Phi) is 9.71. The summed E-state index contributed by atoms with van der Waals surface area (Å²) >= 11 is 0. The summed E-state index contributed by atoms with van der Waals surface area (Å²) in [5.74, 6) is 0.417. The number of likely N-dealkylation sites (tertiary alicyclic amines) is 1. The van der Waals surface area contributed by atoms with E-state index in [1.807, 2.05) is 11.8 Å². The first-order valence-electron chi connectivity index (χ1n) is 13.9. The minimum Gasteiger partial charge on any atom is -0.451 e. The van der Waals surface area contributed by atoms with Gasteiger partial charge in [-0.2, -0.15) is 0 Å². The third kappa shape index (κ3) is 6.90. The number of hydrogen-bond donors (Lipinski definition) is 1. The number of carbonyl (C=O) groups is 2. The van der Waals surface area contributed by atoms with Crippen molar-refractivity contribution in [3.63, 3.8) is 0 Å². The quantitative estimate of drug-likeness (QED) is 0.364. The molecule has 1 saturated heterocycles. The Morgan fingerprint density at radius 2 is 1.79 bits per heavy atom. The van der Waals surface area contributed by atoms with Gasteiger partial charge >= 0.3 is 0 Å². The summed E-state index contributed by atoms with van der Waals surface area (Å²) in [6.07, 6.45) is 4.47. The summed E-state index contributed by atoms with van der Waals surface area (Å²) in [6.45, 7) is 8.97. The number of amides is 2. The maximum Gasteiger partial charge on any atom is 0.287 e. The Morgan fingerprint density at radius 3 is 2.55 bits per heavy atom. The van der Waals surface area contributed by atoms with E-state index in [0.717, 1.165) is 51.9 Å². The van der Waals surface area contributed by atoms with E-state index >= 15 is 0 Å². The highest BCUT2D eigenvalue weighted by molar-refractivity contribution is 5.93. The van der Waals surface area contributed by atoms with Gasteiger partial charge in [-0.3, -0.25) is 14.4 Å². The number of benzene rings is 2. The molecule has 1 fully saturated rings. The van der Waals surface area contributed by atoms with Crippen LogP contribution in [0.25, 0.3) is 11.0 Å². The molecular formula is C31H39N3O4. The van der Waals surface area contributed by atoms with Crippen molar-refractivity contribution in [2.75, 3.05) is 32.7 Å². The Bertz CT molecular complexity index is 1290. The van der Waals surface area contributed by atoms with Gasteiger partial charge in [0.15, 0.2) is 11.2 Å². The lowest BCUT2D eigenvalue weighted by Gasteiger charge is -2.33. The van der Waals surface area contributed by atoms with Crippen LogP contribution in [0.4, 0.5) is 0 Å². The lowest BCUT2D eigenvalue weighted by Crippen LogP contribution is -2.36. The van der Waals surface area contributed by atoms with Gasteiger partial charge in [-0.05, 0) is 81.4 Å². The maximum atomic E-state index is 12.5. The van der Waals surface area contributed by atoms with E-state index in [1.54, 1.807) is 24.3 Å². The van der Waals surface area contributed by atoms with Crippen molar-refractivity contribution >= 4 is 22.8 Å². The van der Waals surface area contributed by atoms with Crippen LogP contribution in [-0.4, -0.2) is 54.3 Å². The molecule has 7 heteroatoms. The van der Waals surface area contributed by atoms with Gasteiger partial charge in [0.05, 0.1) is 5.39 Å². The van der Waals surface area contributed by atoms with Gasteiger partial charge < -0.3 is 19.5 Å².